The van der Waals surface area contributed by atoms with Crippen molar-refractivity contribution in [2.24, 2.45) is 5.73 Å². The van der Waals surface area contributed by atoms with E-state index < -0.39 is 26.5 Å². The van der Waals surface area contributed by atoms with Crippen molar-refractivity contribution in [2.75, 3.05) is 26.4 Å². The zero-order chi connectivity index (χ0) is 48.8. The quantitative estimate of drug-likeness (QED) is 0.0264. The topological polar surface area (TPSA) is 134 Å². The van der Waals surface area contributed by atoms with Crippen LogP contribution in [0.5, 0.6) is 0 Å². The van der Waals surface area contributed by atoms with Crippen LogP contribution in [0.1, 0.15) is 271 Å². The van der Waals surface area contributed by atoms with E-state index in [0.29, 0.717) is 6.42 Å². The maximum Gasteiger partial charge on any atom is 0.472 e. The summed E-state index contributed by atoms with van der Waals surface area (Å²) in [7, 11) is -4.37. The van der Waals surface area contributed by atoms with Gasteiger partial charge in [0.15, 0.2) is 6.10 Å². The summed E-state index contributed by atoms with van der Waals surface area (Å²) in [6.07, 6.45) is 64.9. The molecular formula is C57H106NO8P. The monoisotopic (exact) mass is 964 g/mol. The fraction of sp³-hybridized carbons (Fsp3) is 0.825. The highest BCUT2D eigenvalue weighted by Crippen LogP contribution is 2.43. The number of hydrogen-bond acceptors (Lipinski definition) is 8. The fourth-order valence-electron chi connectivity index (χ4n) is 8.10. The summed E-state index contributed by atoms with van der Waals surface area (Å²) >= 11 is 0. The molecule has 0 amide bonds. The first-order valence-corrected chi connectivity index (χ1v) is 29.6. The number of allylic oxidation sites excluding steroid dienone is 8. The van der Waals surface area contributed by atoms with Gasteiger partial charge in [-0.1, -0.05) is 255 Å². The second kappa shape index (κ2) is 53.3. The van der Waals surface area contributed by atoms with Gasteiger partial charge in [0.25, 0.3) is 0 Å². The van der Waals surface area contributed by atoms with E-state index in [-0.39, 0.29) is 38.6 Å². The Morgan fingerprint density at radius 2 is 0.821 bits per heavy atom. The number of nitrogens with two attached hydrogens (primary N) is 1. The van der Waals surface area contributed by atoms with Crippen LogP contribution in [0.2, 0.25) is 0 Å². The van der Waals surface area contributed by atoms with E-state index in [4.69, 9.17) is 24.3 Å². The Labute approximate surface area is 413 Å². The molecular weight excluding hydrogens is 858 g/mol. The van der Waals surface area contributed by atoms with Gasteiger partial charge in [0, 0.05) is 19.4 Å². The summed E-state index contributed by atoms with van der Waals surface area (Å²) in [4.78, 5) is 34.9. The highest BCUT2D eigenvalue weighted by Gasteiger charge is 2.26. The number of hydrogen-bond donors (Lipinski definition) is 2. The molecule has 0 fully saturated rings. The average molecular weight is 964 g/mol. The predicted octanol–water partition coefficient (Wildman–Crippen LogP) is 17.4. The third kappa shape index (κ3) is 53.2. The summed E-state index contributed by atoms with van der Waals surface area (Å²) in [5.74, 6) is -0.819. The van der Waals surface area contributed by atoms with Crippen molar-refractivity contribution >= 4 is 19.8 Å². The van der Waals surface area contributed by atoms with Gasteiger partial charge in [-0.15, -0.1) is 0 Å². The molecule has 0 bridgehead atoms. The van der Waals surface area contributed by atoms with Gasteiger partial charge in [0.05, 0.1) is 13.2 Å². The van der Waals surface area contributed by atoms with E-state index in [0.717, 1.165) is 57.8 Å². The minimum absolute atomic E-state index is 0.0557. The largest absolute Gasteiger partial charge is 0.472 e. The Bertz CT molecular complexity index is 1240. The Kier molecular flexibility index (Phi) is 51.7. The first-order valence-electron chi connectivity index (χ1n) is 28.1. The molecule has 0 aromatic carbocycles. The van der Waals surface area contributed by atoms with Crippen LogP contribution in [-0.4, -0.2) is 49.3 Å². The number of unbranched alkanes of at least 4 members (excludes halogenated alkanes) is 32. The van der Waals surface area contributed by atoms with Gasteiger partial charge in [0.1, 0.15) is 6.61 Å². The van der Waals surface area contributed by atoms with Crippen molar-refractivity contribution < 1.29 is 37.6 Å². The summed E-state index contributed by atoms with van der Waals surface area (Å²) in [6.45, 7) is 3.63. The molecule has 0 saturated heterocycles. The minimum Gasteiger partial charge on any atom is -0.462 e. The predicted molar refractivity (Wildman–Crippen MR) is 284 cm³/mol. The van der Waals surface area contributed by atoms with Crippen LogP contribution in [0.3, 0.4) is 0 Å². The SMILES string of the molecule is CC/C=C\C/C=C\C/C=C\C/C=C\CCCCCCCCCCCCCCCCCCCCCCCCCCC(=O)OC(COC(=O)CCCCCCCCCCC)COP(=O)(O)OCCN. The summed E-state index contributed by atoms with van der Waals surface area (Å²) in [6, 6.07) is 0. The Morgan fingerprint density at radius 1 is 0.463 bits per heavy atom. The molecule has 0 rings (SSSR count). The number of rotatable bonds is 53. The van der Waals surface area contributed by atoms with Crippen molar-refractivity contribution in [3.05, 3.63) is 48.6 Å². The third-order valence-electron chi connectivity index (χ3n) is 12.2. The van der Waals surface area contributed by atoms with Crippen molar-refractivity contribution in [2.45, 2.75) is 277 Å². The number of carbonyl (C=O) groups excluding carboxylic acids is 2. The number of esters is 2. The number of carbonyl (C=O) groups is 2. The molecule has 0 aliphatic carbocycles. The van der Waals surface area contributed by atoms with Gasteiger partial charge in [-0.05, 0) is 51.4 Å². The molecule has 0 aromatic rings. The second-order valence-electron chi connectivity index (χ2n) is 18.8. The Morgan fingerprint density at radius 3 is 1.22 bits per heavy atom. The molecule has 10 heteroatoms. The van der Waals surface area contributed by atoms with Crippen molar-refractivity contribution in [1.82, 2.24) is 0 Å². The van der Waals surface area contributed by atoms with E-state index in [2.05, 4.69) is 62.5 Å². The van der Waals surface area contributed by atoms with Crippen LogP contribution in [0, 0.1) is 0 Å². The van der Waals surface area contributed by atoms with E-state index >= 15 is 0 Å². The van der Waals surface area contributed by atoms with Crippen molar-refractivity contribution in [1.29, 1.82) is 0 Å². The molecule has 0 radical (unpaired) electrons. The molecule has 0 aliphatic heterocycles. The standard InChI is InChI=1S/C57H106NO8P/c1-3-5-7-9-11-13-14-15-16-17-18-19-20-21-22-23-24-25-26-27-28-29-30-31-32-33-34-35-36-37-38-39-40-42-44-46-48-50-57(60)66-55(54-65-67(61,62)64-52-51-58)53-63-56(59)49-47-45-43-41-12-10-8-6-4-2/h5,7,11,13,15-16,18-19,55H,3-4,6,8-10,12,14,17,20-54,58H2,1-2H3,(H,61,62)/b7-5-,13-11-,16-15-,19-18-. The molecule has 2 atom stereocenters. The zero-order valence-corrected chi connectivity index (χ0v) is 44.5. The highest BCUT2D eigenvalue weighted by molar-refractivity contribution is 7.47. The molecule has 0 heterocycles. The molecule has 9 nitrogen and oxygen atoms in total. The lowest BCUT2D eigenvalue weighted by Crippen LogP contribution is -2.29. The smallest absolute Gasteiger partial charge is 0.462 e. The lowest BCUT2D eigenvalue weighted by Gasteiger charge is -2.19. The molecule has 0 saturated carbocycles. The Hall–Kier alpha value is -2.03. The maximum atomic E-state index is 12.6. The normalized spacial score (nSPS) is 13.4. The van der Waals surface area contributed by atoms with Crippen LogP contribution < -0.4 is 5.73 Å². The van der Waals surface area contributed by atoms with Crippen molar-refractivity contribution in [3.63, 3.8) is 0 Å². The van der Waals surface area contributed by atoms with Crippen LogP contribution in [0.25, 0.3) is 0 Å². The van der Waals surface area contributed by atoms with Crippen molar-refractivity contribution in [3.8, 4) is 0 Å². The van der Waals surface area contributed by atoms with E-state index in [1.54, 1.807) is 0 Å². The summed E-state index contributed by atoms with van der Waals surface area (Å²) in [5.41, 5.74) is 5.36. The molecule has 0 aliphatic rings. The maximum absolute atomic E-state index is 12.6. The van der Waals surface area contributed by atoms with Gasteiger partial charge in [-0.2, -0.15) is 0 Å². The van der Waals surface area contributed by atoms with Gasteiger partial charge in [-0.25, -0.2) is 4.57 Å². The average Bonchev–Trinajstić information content (AvgIpc) is 3.32. The van der Waals surface area contributed by atoms with Gasteiger partial charge in [0.2, 0.25) is 0 Å². The van der Waals surface area contributed by atoms with Crippen LogP contribution in [0.15, 0.2) is 48.6 Å². The molecule has 0 aromatic heterocycles. The van der Waals surface area contributed by atoms with Gasteiger partial charge < -0.3 is 20.1 Å². The number of phosphoric ester groups is 1. The lowest BCUT2D eigenvalue weighted by atomic mass is 10.0. The van der Waals surface area contributed by atoms with Gasteiger partial charge in [-0.3, -0.25) is 18.6 Å². The third-order valence-corrected chi connectivity index (χ3v) is 13.2. The second-order valence-corrected chi connectivity index (χ2v) is 20.2. The first-order chi connectivity index (χ1) is 32.8. The van der Waals surface area contributed by atoms with Crippen LogP contribution in [0.4, 0.5) is 0 Å². The van der Waals surface area contributed by atoms with Gasteiger partial charge >= 0.3 is 19.8 Å². The summed E-state index contributed by atoms with van der Waals surface area (Å²) in [5, 5.41) is 0. The lowest BCUT2D eigenvalue weighted by molar-refractivity contribution is -0.161. The highest BCUT2D eigenvalue weighted by atomic mass is 31.2. The molecule has 67 heavy (non-hydrogen) atoms. The molecule has 3 N–H and O–H groups in total. The van der Waals surface area contributed by atoms with Crippen LogP contribution >= 0.6 is 7.82 Å². The zero-order valence-electron chi connectivity index (χ0n) is 43.6. The minimum atomic E-state index is -4.37. The Balaban J connectivity index is 3.72. The number of phosphoric acid groups is 1. The van der Waals surface area contributed by atoms with E-state index in [1.165, 1.54) is 180 Å². The first kappa shape index (κ1) is 65.0. The molecule has 392 valence electrons. The van der Waals surface area contributed by atoms with Crippen LogP contribution in [-0.2, 0) is 32.7 Å². The van der Waals surface area contributed by atoms with E-state index in [9.17, 15) is 19.0 Å². The fourth-order valence-corrected chi connectivity index (χ4v) is 8.87. The van der Waals surface area contributed by atoms with E-state index in [1.807, 2.05) is 0 Å². The molecule has 2 unspecified atom stereocenters. The molecule has 0 spiro atoms. The summed E-state index contributed by atoms with van der Waals surface area (Å²) < 4.78 is 32.8. The number of ether oxygens (including phenoxy) is 2.